The molecule has 0 unspecified atom stereocenters. The van der Waals surface area contributed by atoms with E-state index in [1.807, 2.05) is 0 Å². The molecule has 0 saturated carbocycles. The molecule has 0 fully saturated rings. The molecule has 0 aliphatic heterocycles. The van der Waals surface area contributed by atoms with Crippen molar-refractivity contribution in [2.24, 2.45) is 0 Å². The number of nitrogens with zero attached hydrogens (tertiary/aromatic N) is 1. The van der Waals surface area contributed by atoms with Gasteiger partial charge in [-0.25, -0.2) is 0 Å². The van der Waals surface area contributed by atoms with Gasteiger partial charge in [0.15, 0.2) is 0 Å². The zero-order valence-electron chi connectivity index (χ0n) is 10.1. The zero-order chi connectivity index (χ0) is 14.4. The maximum absolute atomic E-state index is 11.8. The van der Waals surface area contributed by atoms with Crippen LogP contribution >= 0.6 is 0 Å². The number of hydrogen-bond acceptors (Lipinski definition) is 5. The number of methoxy groups -OCH3 is 1. The van der Waals surface area contributed by atoms with Gasteiger partial charge in [-0.3, -0.25) is 19.7 Å². The summed E-state index contributed by atoms with van der Waals surface area (Å²) >= 11 is 0. The second kappa shape index (κ2) is 6.34. The second-order valence-corrected chi connectivity index (χ2v) is 3.51. The summed E-state index contributed by atoms with van der Waals surface area (Å²) in [4.78, 5) is 32.2. The van der Waals surface area contributed by atoms with Crippen molar-refractivity contribution in [1.82, 2.24) is 5.32 Å². The number of carboxylic acids is 1. The largest absolute Gasteiger partial charge is 0.490 e. The van der Waals surface area contributed by atoms with Crippen LogP contribution in [0.1, 0.15) is 16.8 Å². The molecule has 0 spiro atoms. The van der Waals surface area contributed by atoms with Gasteiger partial charge in [0.1, 0.15) is 0 Å². The fourth-order valence-electron chi connectivity index (χ4n) is 1.44. The van der Waals surface area contributed by atoms with E-state index in [-0.39, 0.29) is 30.0 Å². The minimum absolute atomic E-state index is 0.0120. The molecule has 1 rings (SSSR count). The van der Waals surface area contributed by atoms with Crippen LogP contribution < -0.4 is 10.1 Å². The van der Waals surface area contributed by atoms with Crippen molar-refractivity contribution in [3.8, 4) is 5.75 Å². The minimum Gasteiger partial charge on any atom is -0.490 e. The molecule has 1 aromatic carbocycles. The molecule has 0 saturated heterocycles. The van der Waals surface area contributed by atoms with E-state index in [9.17, 15) is 19.7 Å². The second-order valence-electron chi connectivity index (χ2n) is 3.51. The van der Waals surface area contributed by atoms with Crippen LogP contribution in [0.25, 0.3) is 0 Å². The summed E-state index contributed by atoms with van der Waals surface area (Å²) in [5, 5.41) is 21.6. The maximum Gasteiger partial charge on any atom is 0.311 e. The number of carbonyl (C=O) groups is 2. The Morgan fingerprint density at radius 2 is 2.16 bits per heavy atom. The van der Waals surface area contributed by atoms with Crippen LogP contribution in [0.3, 0.4) is 0 Å². The predicted octanol–water partition coefficient (Wildman–Crippen LogP) is 0.808. The molecule has 1 aromatic rings. The number of carboxylic acid groups (broad SMARTS) is 1. The van der Waals surface area contributed by atoms with Gasteiger partial charge in [0.2, 0.25) is 5.75 Å². The Bertz CT molecular complexity index is 514. The lowest BCUT2D eigenvalue weighted by molar-refractivity contribution is -0.385. The van der Waals surface area contributed by atoms with E-state index >= 15 is 0 Å². The number of carbonyl (C=O) groups excluding carboxylic acids is 1. The Labute approximate surface area is 108 Å². The van der Waals surface area contributed by atoms with Crippen LogP contribution in [0.4, 0.5) is 5.69 Å². The van der Waals surface area contributed by atoms with Crippen LogP contribution in [-0.4, -0.2) is 35.6 Å². The first-order chi connectivity index (χ1) is 8.97. The van der Waals surface area contributed by atoms with E-state index in [4.69, 9.17) is 9.84 Å². The van der Waals surface area contributed by atoms with Crippen molar-refractivity contribution in [3.63, 3.8) is 0 Å². The highest BCUT2D eigenvalue weighted by Gasteiger charge is 2.22. The molecule has 8 nitrogen and oxygen atoms in total. The Balaban J connectivity index is 2.93. The SMILES string of the molecule is COc1c(C(=O)NCCC(=O)O)cccc1[N+](=O)[O-]. The lowest BCUT2D eigenvalue weighted by Gasteiger charge is -2.08. The Morgan fingerprint density at radius 1 is 1.47 bits per heavy atom. The lowest BCUT2D eigenvalue weighted by Crippen LogP contribution is -2.26. The highest BCUT2D eigenvalue weighted by Crippen LogP contribution is 2.30. The number of nitro groups is 1. The van der Waals surface area contributed by atoms with E-state index in [0.717, 1.165) is 0 Å². The summed E-state index contributed by atoms with van der Waals surface area (Å²) in [5.41, 5.74) is -0.338. The van der Waals surface area contributed by atoms with Crippen molar-refractivity contribution in [2.75, 3.05) is 13.7 Å². The fraction of sp³-hybridized carbons (Fsp3) is 0.273. The van der Waals surface area contributed by atoms with E-state index in [0.29, 0.717) is 0 Å². The molecule has 2 N–H and O–H groups in total. The monoisotopic (exact) mass is 268 g/mol. The van der Waals surface area contributed by atoms with E-state index in [1.54, 1.807) is 0 Å². The smallest absolute Gasteiger partial charge is 0.311 e. The molecule has 0 bridgehead atoms. The highest BCUT2D eigenvalue weighted by atomic mass is 16.6. The van der Waals surface area contributed by atoms with E-state index < -0.39 is 16.8 Å². The third kappa shape index (κ3) is 3.66. The number of ether oxygens (including phenoxy) is 1. The van der Waals surface area contributed by atoms with Gasteiger partial charge in [0.25, 0.3) is 5.91 Å². The van der Waals surface area contributed by atoms with Crippen LogP contribution in [0.15, 0.2) is 18.2 Å². The van der Waals surface area contributed by atoms with Gasteiger partial charge in [0, 0.05) is 12.6 Å². The molecule has 19 heavy (non-hydrogen) atoms. The van der Waals surface area contributed by atoms with Crippen LogP contribution in [0.2, 0.25) is 0 Å². The van der Waals surface area contributed by atoms with Crippen molar-refractivity contribution in [3.05, 3.63) is 33.9 Å². The first kappa shape index (κ1) is 14.4. The molecule has 0 radical (unpaired) electrons. The van der Waals surface area contributed by atoms with Gasteiger partial charge in [-0.2, -0.15) is 0 Å². The topological polar surface area (TPSA) is 119 Å². The Hall–Kier alpha value is -2.64. The van der Waals surface area contributed by atoms with Gasteiger partial charge in [-0.05, 0) is 6.07 Å². The number of nitrogens with one attached hydrogen (secondary N) is 1. The van der Waals surface area contributed by atoms with E-state index in [2.05, 4.69) is 5.32 Å². The van der Waals surface area contributed by atoms with Crippen molar-refractivity contribution in [1.29, 1.82) is 0 Å². The average Bonchev–Trinajstić information content (AvgIpc) is 2.36. The maximum atomic E-state index is 11.8. The molecule has 0 aliphatic carbocycles. The Kier molecular flexibility index (Phi) is 4.81. The number of para-hydroxylation sites is 1. The molecule has 0 aromatic heterocycles. The molecular weight excluding hydrogens is 256 g/mol. The molecule has 102 valence electrons. The van der Waals surface area contributed by atoms with Crippen molar-refractivity contribution < 1.29 is 24.4 Å². The highest BCUT2D eigenvalue weighted by molar-refractivity contribution is 5.98. The first-order valence-corrected chi connectivity index (χ1v) is 5.28. The summed E-state index contributed by atoms with van der Waals surface area (Å²) in [5.74, 6) is -1.83. The Morgan fingerprint density at radius 3 is 2.68 bits per heavy atom. The number of rotatable bonds is 6. The van der Waals surface area contributed by atoms with Gasteiger partial charge in [-0.15, -0.1) is 0 Å². The van der Waals surface area contributed by atoms with Crippen molar-refractivity contribution in [2.45, 2.75) is 6.42 Å². The quantitative estimate of drug-likeness (QED) is 0.582. The molecule has 0 heterocycles. The summed E-state index contributed by atoms with van der Waals surface area (Å²) in [6, 6.07) is 3.93. The van der Waals surface area contributed by atoms with Crippen LogP contribution in [0.5, 0.6) is 5.75 Å². The molecule has 1 amide bonds. The summed E-state index contributed by atoms with van der Waals surface area (Å²) in [6.07, 6.45) is -0.233. The summed E-state index contributed by atoms with van der Waals surface area (Å²) in [7, 11) is 1.22. The molecule has 0 aliphatic rings. The van der Waals surface area contributed by atoms with Gasteiger partial charge < -0.3 is 15.2 Å². The molecule has 8 heteroatoms. The van der Waals surface area contributed by atoms with Crippen LogP contribution in [0, 0.1) is 10.1 Å². The zero-order valence-corrected chi connectivity index (χ0v) is 10.1. The fourth-order valence-corrected chi connectivity index (χ4v) is 1.44. The standard InChI is InChI=1S/C11H12N2O6/c1-19-10-7(3-2-4-8(10)13(17)18)11(16)12-6-5-9(14)15/h2-4H,5-6H2,1H3,(H,12,16)(H,14,15). The summed E-state index contributed by atoms with van der Waals surface area (Å²) < 4.78 is 4.87. The predicted molar refractivity (Wildman–Crippen MR) is 64.2 cm³/mol. The number of hydrogen-bond donors (Lipinski definition) is 2. The molecule has 0 atom stereocenters. The van der Waals surface area contributed by atoms with Crippen LogP contribution in [-0.2, 0) is 4.79 Å². The summed E-state index contributed by atoms with van der Waals surface area (Å²) in [6.45, 7) is -0.0694. The average molecular weight is 268 g/mol. The number of amides is 1. The third-order valence-electron chi connectivity index (χ3n) is 2.26. The van der Waals surface area contributed by atoms with Gasteiger partial charge in [-0.1, -0.05) is 6.07 Å². The minimum atomic E-state index is -1.05. The normalized spacial score (nSPS) is 9.74. The van der Waals surface area contributed by atoms with Crippen molar-refractivity contribution >= 4 is 17.6 Å². The number of aliphatic carboxylic acids is 1. The van der Waals surface area contributed by atoms with Gasteiger partial charge in [0.05, 0.1) is 24.0 Å². The number of nitro benzene ring substituents is 1. The molecular formula is C11H12N2O6. The third-order valence-corrected chi connectivity index (χ3v) is 2.26. The van der Waals surface area contributed by atoms with E-state index in [1.165, 1.54) is 25.3 Å². The van der Waals surface area contributed by atoms with Gasteiger partial charge >= 0.3 is 11.7 Å². The first-order valence-electron chi connectivity index (χ1n) is 5.28. The lowest BCUT2D eigenvalue weighted by atomic mass is 10.1. The number of benzene rings is 1.